The SMILES string of the molecule is CCn1c(COc2ccc(C(C)(C)C)cc2)nnc1SCC(=O)Nc1ccc(C(C)=O)cc1. The fraction of sp³-hybridized carbons (Fsp3) is 0.360. The molecule has 2 aromatic carbocycles. The van der Waals surface area contributed by atoms with E-state index in [0.29, 0.717) is 35.4 Å². The molecule has 0 saturated carbocycles. The van der Waals surface area contributed by atoms with Gasteiger partial charge in [0.05, 0.1) is 5.75 Å². The van der Waals surface area contributed by atoms with E-state index in [-0.39, 0.29) is 22.9 Å². The van der Waals surface area contributed by atoms with Crippen LogP contribution in [-0.4, -0.2) is 32.2 Å². The van der Waals surface area contributed by atoms with Gasteiger partial charge in [0.15, 0.2) is 16.8 Å². The quantitative estimate of drug-likeness (QED) is 0.348. The minimum Gasteiger partial charge on any atom is -0.486 e. The molecule has 0 spiro atoms. The fourth-order valence-electron chi connectivity index (χ4n) is 3.16. The molecule has 33 heavy (non-hydrogen) atoms. The normalized spacial score (nSPS) is 11.3. The highest BCUT2D eigenvalue weighted by Gasteiger charge is 2.15. The van der Waals surface area contributed by atoms with Crippen molar-refractivity contribution < 1.29 is 14.3 Å². The van der Waals surface area contributed by atoms with Crippen LogP contribution in [0.5, 0.6) is 5.75 Å². The van der Waals surface area contributed by atoms with Gasteiger partial charge in [-0.2, -0.15) is 0 Å². The third-order valence-electron chi connectivity index (χ3n) is 5.11. The average Bonchev–Trinajstić information content (AvgIpc) is 3.18. The summed E-state index contributed by atoms with van der Waals surface area (Å²) in [6.45, 7) is 11.0. The molecule has 3 rings (SSSR count). The van der Waals surface area contributed by atoms with Gasteiger partial charge in [-0.1, -0.05) is 44.7 Å². The van der Waals surface area contributed by atoms with Gasteiger partial charge in [-0.15, -0.1) is 10.2 Å². The highest BCUT2D eigenvalue weighted by Crippen LogP contribution is 2.25. The predicted molar refractivity (Wildman–Crippen MR) is 131 cm³/mol. The van der Waals surface area contributed by atoms with Gasteiger partial charge in [-0.05, 0) is 61.2 Å². The predicted octanol–water partition coefficient (Wildman–Crippen LogP) is 5.11. The van der Waals surface area contributed by atoms with Crippen LogP contribution in [0, 0.1) is 0 Å². The van der Waals surface area contributed by atoms with E-state index in [1.165, 1.54) is 24.2 Å². The summed E-state index contributed by atoms with van der Waals surface area (Å²) in [4.78, 5) is 23.7. The molecule has 0 atom stereocenters. The number of thioether (sulfide) groups is 1. The number of ether oxygens (including phenoxy) is 1. The highest BCUT2D eigenvalue weighted by molar-refractivity contribution is 7.99. The van der Waals surface area contributed by atoms with Crippen LogP contribution in [0.3, 0.4) is 0 Å². The van der Waals surface area contributed by atoms with E-state index in [1.54, 1.807) is 24.3 Å². The van der Waals surface area contributed by atoms with Gasteiger partial charge in [0.25, 0.3) is 0 Å². The Morgan fingerprint density at radius 3 is 2.27 bits per heavy atom. The number of nitrogens with zero attached hydrogens (tertiary/aromatic N) is 3. The summed E-state index contributed by atoms with van der Waals surface area (Å²) in [6, 6.07) is 14.9. The number of Topliss-reactive ketones (excluding diaryl/α,β-unsaturated/α-hetero) is 1. The van der Waals surface area contributed by atoms with Gasteiger partial charge in [-0.25, -0.2) is 0 Å². The molecule has 0 aliphatic carbocycles. The Morgan fingerprint density at radius 1 is 1.03 bits per heavy atom. The number of anilines is 1. The van der Waals surface area contributed by atoms with Crippen molar-refractivity contribution in [2.24, 2.45) is 0 Å². The van der Waals surface area contributed by atoms with Gasteiger partial charge < -0.3 is 14.6 Å². The molecule has 1 N–H and O–H groups in total. The first-order valence-electron chi connectivity index (χ1n) is 10.9. The van der Waals surface area contributed by atoms with E-state index >= 15 is 0 Å². The Hall–Kier alpha value is -3.13. The molecule has 0 fully saturated rings. The number of rotatable bonds is 9. The van der Waals surface area contributed by atoms with Crippen molar-refractivity contribution in [2.75, 3.05) is 11.1 Å². The lowest BCUT2D eigenvalue weighted by atomic mass is 9.87. The number of benzene rings is 2. The number of ketones is 1. The molecule has 7 nitrogen and oxygen atoms in total. The largest absolute Gasteiger partial charge is 0.486 e. The van der Waals surface area contributed by atoms with Gasteiger partial charge in [0.2, 0.25) is 5.91 Å². The molecule has 1 amide bonds. The maximum Gasteiger partial charge on any atom is 0.234 e. The molecular formula is C25H30N4O3S. The second kappa shape index (κ2) is 10.7. The lowest BCUT2D eigenvalue weighted by Gasteiger charge is -2.19. The zero-order valence-electron chi connectivity index (χ0n) is 19.7. The molecule has 0 saturated heterocycles. The molecule has 174 valence electrons. The highest BCUT2D eigenvalue weighted by atomic mass is 32.2. The summed E-state index contributed by atoms with van der Waals surface area (Å²) in [7, 11) is 0. The Morgan fingerprint density at radius 2 is 1.70 bits per heavy atom. The first-order chi connectivity index (χ1) is 15.7. The van der Waals surface area contributed by atoms with E-state index in [4.69, 9.17) is 4.74 Å². The maximum atomic E-state index is 12.3. The van der Waals surface area contributed by atoms with Gasteiger partial charge >= 0.3 is 0 Å². The van der Waals surface area contributed by atoms with Crippen molar-refractivity contribution in [2.45, 2.75) is 58.3 Å². The molecule has 0 radical (unpaired) electrons. The number of aromatic nitrogens is 3. The first-order valence-corrected chi connectivity index (χ1v) is 11.8. The zero-order valence-corrected chi connectivity index (χ0v) is 20.5. The standard InChI is InChI=1S/C25H30N4O3S/c1-6-29-22(15-32-21-13-9-19(10-14-21)25(3,4)5)27-28-24(29)33-16-23(31)26-20-11-7-18(8-12-20)17(2)30/h7-14H,6,15-16H2,1-5H3,(H,26,31). The van der Waals surface area contributed by atoms with Crippen LogP contribution in [0.1, 0.15) is 56.4 Å². The van der Waals surface area contributed by atoms with E-state index < -0.39 is 0 Å². The average molecular weight is 467 g/mol. The van der Waals surface area contributed by atoms with E-state index in [9.17, 15) is 9.59 Å². The lowest BCUT2D eigenvalue weighted by molar-refractivity contribution is -0.113. The van der Waals surface area contributed by atoms with E-state index in [0.717, 1.165) is 5.75 Å². The number of nitrogens with one attached hydrogen (secondary N) is 1. The van der Waals surface area contributed by atoms with Crippen LogP contribution >= 0.6 is 11.8 Å². The van der Waals surface area contributed by atoms with Crippen molar-refractivity contribution in [1.29, 1.82) is 0 Å². The summed E-state index contributed by atoms with van der Waals surface area (Å²) in [5.41, 5.74) is 2.60. The lowest BCUT2D eigenvalue weighted by Crippen LogP contribution is -2.15. The molecule has 0 bridgehead atoms. The second-order valence-corrected chi connectivity index (χ2v) is 9.62. The summed E-state index contributed by atoms with van der Waals surface area (Å²) in [5.74, 6) is 1.52. The van der Waals surface area contributed by atoms with Gasteiger partial charge in [-0.3, -0.25) is 9.59 Å². The van der Waals surface area contributed by atoms with Crippen LogP contribution in [-0.2, 0) is 23.4 Å². The van der Waals surface area contributed by atoms with Crippen molar-refractivity contribution in [3.63, 3.8) is 0 Å². The zero-order chi connectivity index (χ0) is 24.0. The number of carbonyl (C=O) groups is 2. The molecule has 0 aliphatic rings. The maximum absolute atomic E-state index is 12.3. The van der Waals surface area contributed by atoms with Gasteiger partial charge in [0, 0.05) is 17.8 Å². The molecule has 3 aromatic rings. The molecule has 1 heterocycles. The van der Waals surface area contributed by atoms with Crippen molar-refractivity contribution >= 4 is 29.1 Å². The van der Waals surface area contributed by atoms with Crippen LogP contribution < -0.4 is 10.1 Å². The summed E-state index contributed by atoms with van der Waals surface area (Å²) < 4.78 is 7.86. The Balaban J connectivity index is 1.55. The van der Waals surface area contributed by atoms with E-state index in [1.807, 2.05) is 23.6 Å². The Kier molecular flexibility index (Phi) is 7.92. The number of amides is 1. The number of hydrogen-bond donors (Lipinski definition) is 1. The summed E-state index contributed by atoms with van der Waals surface area (Å²) in [5, 5.41) is 12.0. The fourth-order valence-corrected chi connectivity index (χ4v) is 3.99. The third kappa shape index (κ3) is 6.68. The van der Waals surface area contributed by atoms with Crippen LogP contribution in [0.15, 0.2) is 53.7 Å². The van der Waals surface area contributed by atoms with E-state index in [2.05, 4.69) is 48.4 Å². The Bertz CT molecular complexity index is 1100. The molecule has 0 aliphatic heterocycles. The minimum atomic E-state index is -0.155. The Labute approximate surface area is 198 Å². The van der Waals surface area contributed by atoms with Crippen molar-refractivity contribution in [3.8, 4) is 5.75 Å². The first kappa shape index (κ1) is 24.5. The smallest absolute Gasteiger partial charge is 0.234 e. The molecule has 8 heteroatoms. The second-order valence-electron chi connectivity index (χ2n) is 8.68. The third-order valence-corrected chi connectivity index (χ3v) is 6.07. The number of hydrogen-bond acceptors (Lipinski definition) is 6. The van der Waals surface area contributed by atoms with Crippen LogP contribution in [0.25, 0.3) is 0 Å². The van der Waals surface area contributed by atoms with Gasteiger partial charge in [0.1, 0.15) is 12.4 Å². The molecular weight excluding hydrogens is 436 g/mol. The minimum absolute atomic E-state index is 0.0101. The van der Waals surface area contributed by atoms with Crippen molar-refractivity contribution in [1.82, 2.24) is 14.8 Å². The molecule has 0 unspecified atom stereocenters. The summed E-state index contributed by atoms with van der Waals surface area (Å²) >= 11 is 1.32. The van der Waals surface area contributed by atoms with Crippen LogP contribution in [0.4, 0.5) is 5.69 Å². The molecule has 1 aromatic heterocycles. The van der Waals surface area contributed by atoms with Crippen LogP contribution in [0.2, 0.25) is 0 Å². The number of carbonyl (C=O) groups excluding carboxylic acids is 2. The van der Waals surface area contributed by atoms with Crippen molar-refractivity contribution in [3.05, 3.63) is 65.5 Å². The monoisotopic (exact) mass is 466 g/mol. The topological polar surface area (TPSA) is 86.1 Å². The summed E-state index contributed by atoms with van der Waals surface area (Å²) in [6.07, 6.45) is 0.